The number of alkyl halides is 3. The molecule has 0 amide bonds. The lowest BCUT2D eigenvalue weighted by Crippen LogP contribution is -2.03. The van der Waals surface area contributed by atoms with Crippen molar-refractivity contribution in [3.8, 4) is 11.5 Å². The number of halogens is 3. The van der Waals surface area contributed by atoms with Gasteiger partial charge in [-0.2, -0.15) is 13.2 Å². The summed E-state index contributed by atoms with van der Waals surface area (Å²) in [6.07, 6.45) is 0. The summed E-state index contributed by atoms with van der Waals surface area (Å²) in [7, 11) is -3.31. The van der Waals surface area contributed by atoms with Crippen molar-refractivity contribution in [2.45, 2.75) is 22.2 Å². The fourth-order valence-electron chi connectivity index (χ4n) is 2.20. The summed E-state index contributed by atoms with van der Waals surface area (Å²) in [6, 6.07) is 10.1. The van der Waals surface area contributed by atoms with E-state index in [1.54, 1.807) is 19.1 Å². The topological polar surface area (TPSA) is 60.2 Å². The SMILES string of the molecule is CCS(=O)(=O)c1ccc(-c2nc3cc(SC(F)(F)F)ccc3o2)cc1. The quantitative estimate of drug-likeness (QED) is 0.596. The molecule has 0 aliphatic rings. The molecule has 4 nitrogen and oxygen atoms in total. The lowest BCUT2D eigenvalue weighted by atomic mass is 10.2. The summed E-state index contributed by atoms with van der Waals surface area (Å²) in [6.45, 7) is 1.56. The molecule has 1 heterocycles. The molecule has 0 atom stereocenters. The highest BCUT2D eigenvalue weighted by Gasteiger charge is 2.29. The first-order valence-corrected chi connectivity index (χ1v) is 9.64. The summed E-state index contributed by atoms with van der Waals surface area (Å²) in [4.78, 5) is 4.40. The molecule has 0 aliphatic heterocycles. The van der Waals surface area contributed by atoms with Crippen LogP contribution >= 0.6 is 11.8 Å². The van der Waals surface area contributed by atoms with Crippen LogP contribution in [0.15, 0.2) is 56.7 Å². The third kappa shape index (κ3) is 3.98. The lowest BCUT2D eigenvalue weighted by Gasteiger charge is -2.04. The predicted octanol–water partition coefficient (Wildman–Crippen LogP) is 4.90. The van der Waals surface area contributed by atoms with E-state index in [4.69, 9.17) is 4.42 Å². The second-order valence-electron chi connectivity index (χ2n) is 5.12. The molecule has 25 heavy (non-hydrogen) atoms. The van der Waals surface area contributed by atoms with E-state index in [0.29, 0.717) is 16.7 Å². The fourth-order valence-corrected chi connectivity index (χ4v) is 3.66. The number of aromatic nitrogens is 1. The van der Waals surface area contributed by atoms with Gasteiger partial charge >= 0.3 is 5.51 Å². The van der Waals surface area contributed by atoms with Gasteiger partial charge in [0.1, 0.15) is 5.52 Å². The maximum Gasteiger partial charge on any atom is 0.446 e. The molecular formula is C16H12F3NO3S2. The highest BCUT2D eigenvalue weighted by atomic mass is 32.2. The molecule has 0 aliphatic carbocycles. The Labute approximate surface area is 146 Å². The second-order valence-corrected chi connectivity index (χ2v) is 8.54. The van der Waals surface area contributed by atoms with Gasteiger partial charge in [0.2, 0.25) is 5.89 Å². The van der Waals surface area contributed by atoms with Crippen LogP contribution in [0.3, 0.4) is 0 Å². The second kappa shape index (κ2) is 6.38. The minimum atomic E-state index is -4.37. The van der Waals surface area contributed by atoms with E-state index in [1.165, 1.54) is 30.3 Å². The number of thioether (sulfide) groups is 1. The molecule has 3 aromatic rings. The predicted molar refractivity (Wildman–Crippen MR) is 89.1 cm³/mol. The third-order valence-corrected chi connectivity index (χ3v) is 5.90. The number of fused-ring (bicyclic) bond motifs is 1. The molecule has 3 rings (SSSR count). The van der Waals surface area contributed by atoms with Gasteiger partial charge in [-0.15, -0.1) is 0 Å². The van der Waals surface area contributed by atoms with Crippen molar-refractivity contribution < 1.29 is 26.0 Å². The number of hydrogen-bond acceptors (Lipinski definition) is 5. The Morgan fingerprint density at radius 1 is 1.12 bits per heavy atom. The van der Waals surface area contributed by atoms with Crippen molar-refractivity contribution in [3.63, 3.8) is 0 Å². The molecule has 0 radical (unpaired) electrons. The van der Waals surface area contributed by atoms with Crippen LogP contribution in [0.25, 0.3) is 22.6 Å². The van der Waals surface area contributed by atoms with Gasteiger partial charge in [-0.3, -0.25) is 0 Å². The van der Waals surface area contributed by atoms with Crippen LogP contribution < -0.4 is 0 Å². The van der Waals surface area contributed by atoms with Crippen LogP contribution in [0, 0.1) is 0 Å². The largest absolute Gasteiger partial charge is 0.446 e. The average Bonchev–Trinajstić information content (AvgIpc) is 2.96. The van der Waals surface area contributed by atoms with E-state index in [2.05, 4.69) is 4.98 Å². The van der Waals surface area contributed by atoms with Crippen molar-refractivity contribution in [3.05, 3.63) is 42.5 Å². The van der Waals surface area contributed by atoms with E-state index in [9.17, 15) is 21.6 Å². The van der Waals surface area contributed by atoms with E-state index in [1.807, 2.05) is 0 Å². The Hall–Kier alpha value is -2.00. The molecule has 0 spiro atoms. The first-order chi connectivity index (χ1) is 11.7. The Balaban J connectivity index is 1.94. The highest BCUT2D eigenvalue weighted by molar-refractivity contribution is 8.00. The molecule has 2 aromatic carbocycles. The van der Waals surface area contributed by atoms with Crippen molar-refractivity contribution in [2.75, 3.05) is 5.75 Å². The van der Waals surface area contributed by atoms with E-state index >= 15 is 0 Å². The number of rotatable bonds is 4. The smallest absolute Gasteiger partial charge is 0.436 e. The molecule has 0 unspecified atom stereocenters. The summed E-state index contributed by atoms with van der Waals surface area (Å²) >= 11 is -0.221. The van der Waals surface area contributed by atoms with E-state index in [-0.39, 0.29) is 33.2 Å². The summed E-state index contributed by atoms with van der Waals surface area (Å²) in [5.74, 6) is 0.208. The lowest BCUT2D eigenvalue weighted by molar-refractivity contribution is -0.0328. The minimum Gasteiger partial charge on any atom is -0.436 e. The van der Waals surface area contributed by atoms with Crippen LogP contribution in [0.1, 0.15) is 6.92 Å². The standard InChI is InChI=1S/C16H12F3NO3S2/c1-2-25(21,22)12-6-3-10(4-7-12)15-20-13-9-11(24-16(17,18)19)5-8-14(13)23-15/h3-9H,2H2,1H3. The monoisotopic (exact) mass is 387 g/mol. The van der Waals surface area contributed by atoms with Gasteiger partial charge in [-0.1, -0.05) is 6.92 Å². The van der Waals surface area contributed by atoms with Gasteiger partial charge in [-0.05, 0) is 54.2 Å². The number of hydrogen-bond donors (Lipinski definition) is 0. The zero-order valence-electron chi connectivity index (χ0n) is 12.9. The van der Waals surface area contributed by atoms with Crippen LogP contribution in [0.2, 0.25) is 0 Å². The van der Waals surface area contributed by atoms with Gasteiger partial charge in [0, 0.05) is 10.5 Å². The summed E-state index contributed by atoms with van der Waals surface area (Å²) in [5, 5.41) is 0. The first-order valence-electron chi connectivity index (χ1n) is 7.17. The number of oxazole rings is 1. The van der Waals surface area contributed by atoms with Gasteiger partial charge in [0.25, 0.3) is 0 Å². The number of sulfone groups is 1. The maximum atomic E-state index is 12.4. The van der Waals surface area contributed by atoms with Crippen LogP contribution in [-0.4, -0.2) is 24.7 Å². The van der Waals surface area contributed by atoms with Crippen molar-refractivity contribution in [2.24, 2.45) is 0 Å². The summed E-state index contributed by atoms with van der Waals surface area (Å²) in [5.41, 5.74) is -3.18. The molecule has 0 N–H and O–H groups in total. The fraction of sp³-hybridized carbons (Fsp3) is 0.188. The zero-order valence-corrected chi connectivity index (χ0v) is 14.5. The van der Waals surface area contributed by atoms with Gasteiger partial charge in [-0.25, -0.2) is 13.4 Å². The molecule has 0 bridgehead atoms. The Kier molecular flexibility index (Phi) is 4.54. The average molecular weight is 387 g/mol. The maximum absolute atomic E-state index is 12.4. The van der Waals surface area contributed by atoms with Crippen LogP contribution in [0.4, 0.5) is 13.2 Å². The Morgan fingerprint density at radius 3 is 2.40 bits per heavy atom. The number of benzene rings is 2. The molecule has 1 aromatic heterocycles. The molecule has 132 valence electrons. The van der Waals surface area contributed by atoms with Crippen LogP contribution in [0.5, 0.6) is 0 Å². The minimum absolute atomic E-state index is 0.00508. The Morgan fingerprint density at radius 2 is 1.80 bits per heavy atom. The molecular weight excluding hydrogens is 375 g/mol. The normalized spacial score (nSPS) is 12.6. The third-order valence-electron chi connectivity index (χ3n) is 3.43. The van der Waals surface area contributed by atoms with Crippen molar-refractivity contribution in [1.29, 1.82) is 0 Å². The molecule has 0 saturated heterocycles. The van der Waals surface area contributed by atoms with Gasteiger partial charge in [0.15, 0.2) is 15.4 Å². The van der Waals surface area contributed by atoms with Gasteiger partial charge < -0.3 is 4.42 Å². The summed E-state index contributed by atoms with van der Waals surface area (Å²) < 4.78 is 66.5. The zero-order chi connectivity index (χ0) is 18.2. The number of nitrogens with zero attached hydrogens (tertiary/aromatic N) is 1. The van der Waals surface area contributed by atoms with Crippen LogP contribution in [-0.2, 0) is 9.84 Å². The Bertz CT molecular complexity index is 1010. The first kappa shape index (κ1) is 17.8. The van der Waals surface area contributed by atoms with E-state index in [0.717, 1.165) is 0 Å². The highest BCUT2D eigenvalue weighted by Crippen LogP contribution is 2.38. The van der Waals surface area contributed by atoms with E-state index < -0.39 is 15.3 Å². The molecule has 0 fully saturated rings. The van der Waals surface area contributed by atoms with Crippen molar-refractivity contribution in [1.82, 2.24) is 4.98 Å². The van der Waals surface area contributed by atoms with Gasteiger partial charge in [0.05, 0.1) is 10.6 Å². The van der Waals surface area contributed by atoms with Crippen molar-refractivity contribution >= 4 is 32.7 Å². The molecule has 0 saturated carbocycles. The molecule has 9 heteroatoms.